The maximum atomic E-state index is 12.1. The molecule has 0 aliphatic carbocycles. The number of anilines is 2. The summed E-state index contributed by atoms with van der Waals surface area (Å²) in [4.78, 5) is 8.11. The van der Waals surface area contributed by atoms with Crippen molar-refractivity contribution >= 4 is 11.6 Å². The third-order valence-corrected chi connectivity index (χ3v) is 2.10. The van der Waals surface area contributed by atoms with Crippen LogP contribution in [0.3, 0.4) is 0 Å². The topological polar surface area (TPSA) is 47.0 Å². The highest BCUT2D eigenvalue weighted by molar-refractivity contribution is 5.55. The van der Waals surface area contributed by atoms with E-state index in [1.165, 1.54) is 12.1 Å². The zero-order valence-corrected chi connectivity index (χ0v) is 9.60. The van der Waals surface area contributed by atoms with Gasteiger partial charge in [0.25, 0.3) is 0 Å². The maximum Gasteiger partial charge on any atom is 0.387 e. The molecule has 0 aliphatic rings. The predicted molar refractivity (Wildman–Crippen MR) is 63.1 cm³/mol. The summed E-state index contributed by atoms with van der Waals surface area (Å²) in [5, 5.41) is 2.90. The van der Waals surface area contributed by atoms with E-state index in [9.17, 15) is 8.78 Å². The van der Waals surface area contributed by atoms with Gasteiger partial charge in [-0.05, 0) is 24.6 Å². The molecule has 0 bridgehead atoms. The van der Waals surface area contributed by atoms with Crippen LogP contribution in [0.1, 0.15) is 5.56 Å². The summed E-state index contributed by atoms with van der Waals surface area (Å²) >= 11 is 0. The Balaban J connectivity index is 2.11. The van der Waals surface area contributed by atoms with Crippen LogP contribution in [-0.2, 0) is 0 Å². The van der Waals surface area contributed by atoms with Crippen molar-refractivity contribution in [2.75, 3.05) is 5.32 Å². The number of hydrogen-bond acceptors (Lipinski definition) is 4. The van der Waals surface area contributed by atoms with Crippen LogP contribution in [0.2, 0.25) is 0 Å². The van der Waals surface area contributed by atoms with E-state index in [4.69, 9.17) is 0 Å². The number of aromatic nitrogens is 2. The molecule has 0 amide bonds. The van der Waals surface area contributed by atoms with Crippen LogP contribution < -0.4 is 10.1 Å². The van der Waals surface area contributed by atoms with Crippen molar-refractivity contribution in [3.63, 3.8) is 0 Å². The average molecular weight is 251 g/mol. The fourth-order valence-electron chi connectivity index (χ4n) is 1.34. The van der Waals surface area contributed by atoms with Crippen LogP contribution in [0.25, 0.3) is 0 Å². The second-order valence-corrected chi connectivity index (χ2v) is 3.62. The molecule has 1 N–H and O–H groups in total. The molecule has 4 nitrogen and oxygen atoms in total. The molecule has 0 unspecified atom stereocenters. The Bertz CT molecular complexity index is 517. The van der Waals surface area contributed by atoms with E-state index in [0.29, 0.717) is 11.6 Å². The van der Waals surface area contributed by atoms with E-state index in [2.05, 4.69) is 20.0 Å². The SMILES string of the molecule is Cc1cnc(Nc2cccc(OC(F)F)c2)nc1. The van der Waals surface area contributed by atoms with Gasteiger partial charge in [-0.25, -0.2) is 9.97 Å². The zero-order valence-electron chi connectivity index (χ0n) is 9.60. The Morgan fingerprint density at radius 1 is 1.22 bits per heavy atom. The van der Waals surface area contributed by atoms with Crippen molar-refractivity contribution in [3.8, 4) is 5.75 Å². The number of nitrogens with one attached hydrogen (secondary N) is 1. The van der Waals surface area contributed by atoms with Gasteiger partial charge in [-0.3, -0.25) is 0 Å². The van der Waals surface area contributed by atoms with Gasteiger partial charge < -0.3 is 10.1 Å². The molecule has 0 saturated carbocycles. The number of aryl methyl sites for hydroxylation is 1. The summed E-state index contributed by atoms with van der Waals surface area (Å²) in [5.41, 5.74) is 1.52. The van der Waals surface area contributed by atoms with E-state index >= 15 is 0 Å². The Kier molecular flexibility index (Phi) is 3.66. The van der Waals surface area contributed by atoms with E-state index in [-0.39, 0.29) is 5.75 Å². The van der Waals surface area contributed by atoms with Gasteiger partial charge in [0.05, 0.1) is 0 Å². The normalized spacial score (nSPS) is 10.4. The standard InChI is InChI=1S/C12H11F2N3O/c1-8-6-15-12(16-7-8)17-9-3-2-4-10(5-9)18-11(13)14/h2-7,11H,1H3,(H,15,16,17). The first-order valence-electron chi connectivity index (χ1n) is 5.24. The van der Waals surface area contributed by atoms with Crippen molar-refractivity contribution in [2.24, 2.45) is 0 Å². The fraction of sp³-hybridized carbons (Fsp3) is 0.167. The molecule has 94 valence electrons. The van der Waals surface area contributed by atoms with Crippen molar-refractivity contribution < 1.29 is 13.5 Å². The first-order chi connectivity index (χ1) is 8.63. The Morgan fingerprint density at radius 2 is 1.94 bits per heavy atom. The van der Waals surface area contributed by atoms with Gasteiger partial charge in [0.1, 0.15) is 5.75 Å². The fourth-order valence-corrected chi connectivity index (χ4v) is 1.34. The number of hydrogen-bond donors (Lipinski definition) is 1. The molecule has 0 radical (unpaired) electrons. The number of halogens is 2. The van der Waals surface area contributed by atoms with Gasteiger partial charge in [-0.2, -0.15) is 8.78 Å². The number of benzene rings is 1. The molecule has 6 heteroatoms. The van der Waals surface area contributed by atoms with E-state index < -0.39 is 6.61 Å². The smallest absolute Gasteiger partial charge is 0.387 e. The van der Waals surface area contributed by atoms with Crippen LogP contribution in [0.4, 0.5) is 20.4 Å². The first kappa shape index (κ1) is 12.2. The Hall–Kier alpha value is -2.24. The quantitative estimate of drug-likeness (QED) is 0.906. The van der Waals surface area contributed by atoms with Gasteiger partial charge >= 0.3 is 6.61 Å². The van der Waals surface area contributed by atoms with Crippen molar-refractivity contribution in [1.29, 1.82) is 0 Å². The van der Waals surface area contributed by atoms with Crippen LogP contribution in [0, 0.1) is 6.92 Å². The highest BCUT2D eigenvalue weighted by atomic mass is 19.3. The molecular weight excluding hydrogens is 240 g/mol. The van der Waals surface area contributed by atoms with Gasteiger partial charge in [-0.1, -0.05) is 6.07 Å². The molecular formula is C12H11F2N3O. The van der Waals surface area contributed by atoms with E-state index in [1.807, 2.05) is 6.92 Å². The van der Waals surface area contributed by atoms with E-state index in [0.717, 1.165) is 5.56 Å². The Labute approximate surface area is 103 Å². The lowest BCUT2D eigenvalue weighted by atomic mass is 10.3. The number of rotatable bonds is 4. The molecule has 0 atom stereocenters. The van der Waals surface area contributed by atoms with Gasteiger partial charge in [0.15, 0.2) is 0 Å². The molecule has 1 aromatic carbocycles. The summed E-state index contributed by atoms with van der Waals surface area (Å²) < 4.78 is 28.4. The van der Waals surface area contributed by atoms with Crippen molar-refractivity contribution in [2.45, 2.75) is 13.5 Å². The molecule has 0 aliphatic heterocycles. The molecule has 2 aromatic rings. The minimum atomic E-state index is -2.84. The van der Waals surface area contributed by atoms with Gasteiger partial charge in [-0.15, -0.1) is 0 Å². The number of alkyl halides is 2. The van der Waals surface area contributed by atoms with Gasteiger partial charge in [0.2, 0.25) is 5.95 Å². The third kappa shape index (κ3) is 3.38. The third-order valence-electron chi connectivity index (χ3n) is 2.10. The van der Waals surface area contributed by atoms with Crippen molar-refractivity contribution in [3.05, 3.63) is 42.2 Å². The van der Waals surface area contributed by atoms with Crippen LogP contribution in [0.5, 0.6) is 5.75 Å². The molecule has 0 fully saturated rings. The average Bonchev–Trinajstić information content (AvgIpc) is 2.32. The number of ether oxygens (including phenoxy) is 1. The minimum Gasteiger partial charge on any atom is -0.435 e. The summed E-state index contributed by atoms with van der Waals surface area (Å²) in [6, 6.07) is 6.22. The Morgan fingerprint density at radius 3 is 2.61 bits per heavy atom. The monoisotopic (exact) mass is 251 g/mol. The first-order valence-corrected chi connectivity index (χ1v) is 5.24. The largest absolute Gasteiger partial charge is 0.435 e. The highest BCUT2D eigenvalue weighted by Crippen LogP contribution is 2.21. The zero-order chi connectivity index (χ0) is 13.0. The molecule has 1 heterocycles. The van der Waals surface area contributed by atoms with Crippen LogP contribution in [0.15, 0.2) is 36.7 Å². The predicted octanol–water partition coefficient (Wildman–Crippen LogP) is 3.13. The van der Waals surface area contributed by atoms with E-state index in [1.54, 1.807) is 24.5 Å². The minimum absolute atomic E-state index is 0.0853. The van der Waals surface area contributed by atoms with Crippen molar-refractivity contribution in [1.82, 2.24) is 9.97 Å². The summed E-state index contributed by atoms with van der Waals surface area (Å²) in [6.45, 7) is -0.961. The second kappa shape index (κ2) is 5.39. The second-order valence-electron chi connectivity index (χ2n) is 3.62. The van der Waals surface area contributed by atoms with Crippen LogP contribution >= 0.6 is 0 Å². The summed E-state index contributed by atoms with van der Waals surface area (Å²) in [6.07, 6.45) is 3.32. The molecule has 18 heavy (non-hydrogen) atoms. The molecule has 2 rings (SSSR count). The van der Waals surface area contributed by atoms with Crippen LogP contribution in [-0.4, -0.2) is 16.6 Å². The molecule has 0 saturated heterocycles. The maximum absolute atomic E-state index is 12.1. The molecule has 0 spiro atoms. The highest BCUT2D eigenvalue weighted by Gasteiger charge is 2.05. The van der Waals surface area contributed by atoms with Gasteiger partial charge in [0, 0.05) is 24.1 Å². The lowest BCUT2D eigenvalue weighted by Gasteiger charge is -2.08. The molecule has 1 aromatic heterocycles. The lowest BCUT2D eigenvalue weighted by molar-refractivity contribution is -0.0497. The summed E-state index contributed by atoms with van der Waals surface area (Å²) in [5.74, 6) is 0.483. The lowest BCUT2D eigenvalue weighted by Crippen LogP contribution is -2.02. The summed E-state index contributed by atoms with van der Waals surface area (Å²) in [7, 11) is 0. The number of nitrogens with zero attached hydrogens (tertiary/aromatic N) is 2.